The van der Waals surface area contributed by atoms with E-state index in [1.54, 1.807) is 0 Å². The molecule has 5 nitrogen and oxygen atoms in total. The summed E-state index contributed by atoms with van der Waals surface area (Å²) in [7, 11) is 0. The third-order valence-electron chi connectivity index (χ3n) is 3.15. The lowest BCUT2D eigenvalue weighted by atomic mass is 10.2. The molecule has 0 saturated heterocycles. The number of nitrogens with one attached hydrogen (secondary N) is 1. The van der Waals surface area contributed by atoms with E-state index in [0.29, 0.717) is 12.5 Å². The lowest BCUT2D eigenvalue weighted by Crippen LogP contribution is -2.11. The zero-order valence-corrected chi connectivity index (χ0v) is 13.6. The van der Waals surface area contributed by atoms with Crippen LogP contribution < -0.4 is 10.1 Å². The Morgan fingerprint density at radius 3 is 2.95 bits per heavy atom. The van der Waals surface area contributed by atoms with Crippen molar-refractivity contribution in [2.75, 3.05) is 5.32 Å². The van der Waals surface area contributed by atoms with Gasteiger partial charge in [0.25, 0.3) is 0 Å². The normalized spacial score (nSPS) is 13.5. The second kappa shape index (κ2) is 6.15. The number of rotatable bonds is 5. The first kappa shape index (κ1) is 14.5. The molecule has 21 heavy (non-hydrogen) atoms. The average molecular weight is 325 g/mol. The van der Waals surface area contributed by atoms with E-state index in [1.165, 1.54) is 34.6 Å². The molecule has 0 atom stereocenters. The van der Waals surface area contributed by atoms with Crippen LogP contribution in [0.25, 0.3) is 0 Å². The van der Waals surface area contributed by atoms with Gasteiger partial charge in [-0.05, 0) is 56.3 Å². The molecule has 1 N–H and O–H groups in total. The number of nitrogens with zero attached hydrogens (tertiary/aromatic N) is 3. The maximum Gasteiger partial charge on any atom is 0.322 e. The van der Waals surface area contributed by atoms with Crippen LogP contribution in [0.4, 0.5) is 5.95 Å². The minimum absolute atomic E-state index is 0.00316. The van der Waals surface area contributed by atoms with Crippen molar-refractivity contribution in [3.8, 4) is 6.01 Å². The average Bonchev–Trinajstić information content (AvgIpc) is 2.95. The highest BCUT2D eigenvalue weighted by molar-refractivity contribution is 7.12. The molecule has 1 aliphatic carbocycles. The van der Waals surface area contributed by atoms with Gasteiger partial charge in [-0.25, -0.2) is 0 Å². The first-order valence-corrected chi connectivity index (χ1v) is 8.22. The van der Waals surface area contributed by atoms with Gasteiger partial charge in [0.1, 0.15) is 0 Å². The molecule has 0 fully saturated rings. The molecule has 0 saturated carbocycles. The van der Waals surface area contributed by atoms with Gasteiger partial charge < -0.3 is 10.1 Å². The molecule has 0 amide bonds. The Balaban J connectivity index is 1.67. The lowest BCUT2D eigenvalue weighted by molar-refractivity contribution is 0.222. The second-order valence-electron chi connectivity index (χ2n) is 5.25. The number of halogens is 1. The van der Waals surface area contributed by atoms with Crippen LogP contribution in [0.15, 0.2) is 6.07 Å². The summed E-state index contributed by atoms with van der Waals surface area (Å²) in [6, 6.07) is 2.52. The van der Waals surface area contributed by atoms with Gasteiger partial charge in [0.05, 0.1) is 12.6 Å². The highest BCUT2D eigenvalue weighted by Gasteiger charge is 2.15. The van der Waals surface area contributed by atoms with Crippen molar-refractivity contribution in [1.29, 1.82) is 0 Å². The third kappa shape index (κ3) is 3.63. The Hall–Kier alpha value is -1.40. The third-order valence-corrected chi connectivity index (χ3v) is 4.55. The largest absolute Gasteiger partial charge is 0.461 e. The molecular weight excluding hydrogens is 308 g/mol. The van der Waals surface area contributed by atoms with Crippen molar-refractivity contribution in [2.24, 2.45) is 0 Å². The zero-order valence-electron chi connectivity index (χ0n) is 12.0. The van der Waals surface area contributed by atoms with Crippen molar-refractivity contribution >= 4 is 28.9 Å². The highest BCUT2D eigenvalue weighted by atomic mass is 35.5. The fraction of sp³-hybridized carbons (Fsp3) is 0.500. The van der Waals surface area contributed by atoms with Crippen molar-refractivity contribution < 1.29 is 4.74 Å². The first-order valence-electron chi connectivity index (χ1n) is 7.02. The van der Waals surface area contributed by atoms with E-state index in [-0.39, 0.29) is 17.4 Å². The van der Waals surface area contributed by atoms with E-state index in [0.717, 1.165) is 0 Å². The number of aromatic nitrogens is 3. The van der Waals surface area contributed by atoms with Gasteiger partial charge in [0, 0.05) is 9.75 Å². The van der Waals surface area contributed by atoms with Crippen molar-refractivity contribution in [3.05, 3.63) is 26.7 Å². The van der Waals surface area contributed by atoms with Crippen LogP contribution in [0.3, 0.4) is 0 Å². The summed E-state index contributed by atoms with van der Waals surface area (Å²) in [5, 5.41) is 3.32. The van der Waals surface area contributed by atoms with Gasteiger partial charge in [-0.15, -0.1) is 11.3 Å². The second-order valence-corrected chi connectivity index (χ2v) is 6.80. The SMILES string of the molecule is CC(C)Oc1nc(Cl)nc(NCc2cc3c(s2)CCC3)n1. The molecule has 2 aromatic rings. The minimum Gasteiger partial charge on any atom is -0.461 e. The predicted octanol–water partition coefficient (Wildman–Crippen LogP) is 3.47. The van der Waals surface area contributed by atoms with Crippen LogP contribution in [-0.4, -0.2) is 21.1 Å². The molecular formula is C14H17ClN4OS. The molecule has 0 spiro atoms. The monoisotopic (exact) mass is 324 g/mol. The van der Waals surface area contributed by atoms with Crippen molar-refractivity contribution in [1.82, 2.24) is 15.0 Å². The molecule has 2 aromatic heterocycles. The molecule has 0 unspecified atom stereocenters. The molecule has 112 valence electrons. The summed E-state index contributed by atoms with van der Waals surface area (Å²) >= 11 is 7.76. The van der Waals surface area contributed by atoms with E-state index in [4.69, 9.17) is 16.3 Å². The van der Waals surface area contributed by atoms with Gasteiger partial charge >= 0.3 is 6.01 Å². The highest BCUT2D eigenvalue weighted by Crippen LogP contribution is 2.30. The molecule has 0 aliphatic heterocycles. The van der Waals surface area contributed by atoms with Gasteiger partial charge in [-0.1, -0.05) is 0 Å². The topological polar surface area (TPSA) is 59.9 Å². The first-order chi connectivity index (χ1) is 10.1. The fourth-order valence-electron chi connectivity index (χ4n) is 2.32. The summed E-state index contributed by atoms with van der Waals surface area (Å²) in [5.41, 5.74) is 1.49. The molecule has 3 rings (SSSR count). The Kier molecular flexibility index (Phi) is 4.26. The van der Waals surface area contributed by atoms with Crippen molar-refractivity contribution in [2.45, 2.75) is 45.8 Å². The summed E-state index contributed by atoms with van der Waals surface area (Å²) in [6.07, 6.45) is 3.70. The Bertz CT molecular complexity index is 622. The maximum absolute atomic E-state index is 5.90. The van der Waals surface area contributed by atoms with E-state index < -0.39 is 0 Å². The summed E-state index contributed by atoms with van der Waals surface area (Å²) in [4.78, 5) is 15.1. The Labute approximate surface area is 132 Å². The maximum atomic E-state index is 5.90. The van der Waals surface area contributed by atoms with Gasteiger partial charge in [0.2, 0.25) is 11.2 Å². The number of thiophene rings is 1. The molecule has 2 heterocycles. The lowest BCUT2D eigenvalue weighted by Gasteiger charge is -2.09. The molecule has 1 aliphatic rings. The van der Waals surface area contributed by atoms with Gasteiger partial charge in [-0.2, -0.15) is 15.0 Å². The molecule has 0 radical (unpaired) electrons. The molecule has 7 heteroatoms. The van der Waals surface area contributed by atoms with Gasteiger partial charge in [0.15, 0.2) is 0 Å². The van der Waals surface area contributed by atoms with Crippen LogP contribution in [0, 0.1) is 0 Å². The van der Waals surface area contributed by atoms with Crippen LogP contribution in [0.1, 0.15) is 35.6 Å². The van der Waals surface area contributed by atoms with Crippen LogP contribution in [0.2, 0.25) is 5.28 Å². The number of anilines is 1. The fourth-order valence-corrected chi connectivity index (χ4v) is 3.67. The predicted molar refractivity (Wildman–Crippen MR) is 84.3 cm³/mol. The smallest absolute Gasteiger partial charge is 0.322 e. The number of fused-ring (bicyclic) bond motifs is 1. The minimum atomic E-state index is -0.00316. The number of ether oxygens (including phenoxy) is 1. The van der Waals surface area contributed by atoms with E-state index >= 15 is 0 Å². The van der Waals surface area contributed by atoms with Crippen molar-refractivity contribution in [3.63, 3.8) is 0 Å². The Morgan fingerprint density at radius 1 is 1.33 bits per heavy atom. The van der Waals surface area contributed by atoms with Crippen LogP contribution in [0.5, 0.6) is 6.01 Å². The number of hydrogen-bond acceptors (Lipinski definition) is 6. The standard InChI is InChI=1S/C14H17ClN4OS/c1-8(2)20-14-18-12(15)17-13(19-14)16-7-10-6-9-4-3-5-11(9)21-10/h6,8H,3-5,7H2,1-2H3,(H,16,17,18,19). The molecule has 0 aromatic carbocycles. The molecule has 0 bridgehead atoms. The van der Waals surface area contributed by atoms with E-state index in [9.17, 15) is 0 Å². The summed E-state index contributed by atoms with van der Waals surface area (Å²) in [5.74, 6) is 0.444. The Morgan fingerprint density at radius 2 is 2.19 bits per heavy atom. The van der Waals surface area contributed by atoms with Crippen LogP contribution >= 0.6 is 22.9 Å². The van der Waals surface area contributed by atoms with Gasteiger partial charge in [-0.3, -0.25) is 0 Å². The van der Waals surface area contributed by atoms with E-state index in [1.807, 2.05) is 25.2 Å². The quantitative estimate of drug-likeness (QED) is 0.912. The number of aryl methyl sites for hydroxylation is 2. The summed E-state index contributed by atoms with van der Waals surface area (Å²) < 4.78 is 5.45. The zero-order chi connectivity index (χ0) is 14.8. The number of hydrogen-bond donors (Lipinski definition) is 1. The summed E-state index contributed by atoms with van der Waals surface area (Å²) in [6.45, 7) is 4.52. The van der Waals surface area contributed by atoms with E-state index in [2.05, 4.69) is 26.3 Å². The van der Waals surface area contributed by atoms with Crippen LogP contribution in [-0.2, 0) is 19.4 Å².